The minimum atomic E-state index is -1.01. The Balaban J connectivity index is 1.08. The topological polar surface area (TPSA) is 143 Å². The highest BCUT2D eigenvalue weighted by Gasteiger charge is 2.45. The fourth-order valence-corrected chi connectivity index (χ4v) is 6.28. The van der Waals surface area contributed by atoms with Gasteiger partial charge in [-0.15, -0.1) is 0 Å². The molecule has 5 amide bonds. The first-order valence-corrected chi connectivity index (χ1v) is 14.2. The Labute approximate surface area is 237 Å². The molecule has 12 nitrogen and oxygen atoms in total. The van der Waals surface area contributed by atoms with Crippen molar-refractivity contribution in [2.75, 3.05) is 31.6 Å². The van der Waals surface area contributed by atoms with Crippen LogP contribution >= 0.6 is 0 Å². The van der Waals surface area contributed by atoms with Gasteiger partial charge < -0.3 is 15.0 Å². The first-order chi connectivity index (χ1) is 19.7. The minimum Gasteiger partial charge on any atom is -0.381 e. The number of imide groups is 2. The molecule has 4 aliphatic heterocycles. The van der Waals surface area contributed by atoms with Gasteiger partial charge in [-0.05, 0) is 44.2 Å². The minimum absolute atomic E-state index is 0.0725. The van der Waals surface area contributed by atoms with E-state index in [1.54, 1.807) is 24.4 Å². The van der Waals surface area contributed by atoms with Gasteiger partial charge in [0.25, 0.3) is 11.8 Å². The maximum absolute atomic E-state index is 13.3. The van der Waals surface area contributed by atoms with Crippen molar-refractivity contribution in [2.24, 2.45) is 5.41 Å². The highest BCUT2D eigenvalue weighted by atomic mass is 16.5. The second kappa shape index (κ2) is 10.7. The summed E-state index contributed by atoms with van der Waals surface area (Å²) in [6.07, 6.45) is 7.11. The average molecular weight is 563 g/mol. The SMILES string of the molecule is CC1(C(=O)N2CCC(n3cc(CNc4cccc5c4C(=O)N(C4CCC(=O)NC4=O)C5=O)cn3)CC2)CCOCC1. The van der Waals surface area contributed by atoms with Crippen LogP contribution in [0.4, 0.5) is 5.69 Å². The normalized spacial score (nSPS) is 23.0. The molecule has 2 aromatic rings. The number of amides is 5. The molecule has 5 heterocycles. The highest BCUT2D eigenvalue weighted by molar-refractivity contribution is 6.25. The molecule has 216 valence electrons. The Kier molecular flexibility index (Phi) is 7.10. The lowest BCUT2D eigenvalue weighted by Crippen LogP contribution is -2.54. The Morgan fingerprint density at radius 2 is 1.85 bits per heavy atom. The van der Waals surface area contributed by atoms with Crippen LogP contribution < -0.4 is 10.6 Å². The lowest BCUT2D eigenvalue weighted by Gasteiger charge is -2.40. The molecule has 1 aromatic carbocycles. The molecule has 41 heavy (non-hydrogen) atoms. The zero-order valence-corrected chi connectivity index (χ0v) is 23.1. The lowest BCUT2D eigenvalue weighted by atomic mass is 9.80. The molecule has 0 saturated carbocycles. The summed E-state index contributed by atoms with van der Waals surface area (Å²) in [5, 5.41) is 10.0. The van der Waals surface area contributed by atoms with Gasteiger partial charge >= 0.3 is 0 Å². The molecule has 0 radical (unpaired) electrons. The number of hydrogen-bond donors (Lipinski definition) is 2. The Morgan fingerprint density at radius 1 is 1.10 bits per heavy atom. The molecular formula is C29H34N6O6. The van der Waals surface area contributed by atoms with Gasteiger partial charge in [0.1, 0.15) is 6.04 Å². The van der Waals surface area contributed by atoms with Crippen molar-refractivity contribution in [2.45, 2.75) is 64.1 Å². The van der Waals surface area contributed by atoms with Crippen molar-refractivity contribution in [1.82, 2.24) is 24.9 Å². The number of piperidine rings is 2. The van der Waals surface area contributed by atoms with Crippen LogP contribution in [-0.4, -0.2) is 81.5 Å². The number of fused-ring (bicyclic) bond motifs is 1. The number of aromatic nitrogens is 2. The van der Waals surface area contributed by atoms with Crippen LogP contribution in [-0.2, 0) is 25.7 Å². The average Bonchev–Trinajstić information content (AvgIpc) is 3.55. The number of rotatable bonds is 6. The Morgan fingerprint density at radius 3 is 2.59 bits per heavy atom. The van der Waals surface area contributed by atoms with E-state index in [0.29, 0.717) is 38.5 Å². The van der Waals surface area contributed by atoms with E-state index in [9.17, 15) is 24.0 Å². The molecule has 1 unspecified atom stereocenters. The van der Waals surface area contributed by atoms with Crippen LogP contribution in [0.5, 0.6) is 0 Å². The van der Waals surface area contributed by atoms with E-state index in [2.05, 4.69) is 22.7 Å². The maximum Gasteiger partial charge on any atom is 0.264 e. The third kappa shape index (κ3) is 5.01. The highest BCUT2D eigenvalue weighted by Crippen LogP contribution is 2.35. The van der Waals surface area contributed by atoms with Crippen molar-refractivity contribution in [3.05, 3.63) is 47.3 Å². The van der Waals surface area contributed by atoms with Crippen LogP contribution in [0.25, 0.3) is 0 Å². The van der Waals surface area contributed by atoms with E-state index >= 15 is 0 Å². The van der Waals surface area contributed by atoms with Crippen LogP contribution in [0.15, 0.2) is 30.6 Å². The number of likely N-dealkylation sites (tertiary alicyclic amines) is 1. The Hall–Kier alpha value is -4.06. The first-order valence-electron chi connectivity index (χ1n) is 14.2. The van der Waals surface area contributed by atoms with E-state index in [-0.39, 0.29) is 41.3 Å². The predicted molar refractivity (Wildman–Crippen MR) is 146 cm³/mol. The summed E-state index contributed by atoms with van der Waals surface area (Å²) < 4.78 is 7.40. The summed E-state index contributed by atoms with van der Waals surface area (Å²) >= 11 is 0. The van der Waals surface area contributed by atoms with Crippen molar-refractivity contribution < 1.29 is 28.7 Å². The first kappa shape index (κ1) is 27.1. The molecular weight excluding hydrogens is 528 g/mol. The van der Waals surface area contributed by atoms with Gasteiger partial charge in [-0.3, -0.25) is 38.9 Å². The lowest BCUT2D eigenvalue weighted by molar-refractivity contribution is -0.148. The van der Waals surface area contributed by atoms with E-state index in [1.165, 1.54) is 0 Å². The summed E-state index contributed by atoms with van der Waals surface area (Å²) in [7, 11) is 0. The van der Waals surface area contributed by atoms with Crippen molar-refractivity contribution in [3.63, 3.8) is 0 Å². The number of carbonyl (C=O) groups excluding carboxylic acids is 5. The largest absolute Gasteiger partial charge is 0.381 e. The molecule has 0 spiro atoms. The van der Waals surface area contributed by atoms with E-state index in [0.717, 1.165) is 36.1 Å². The number of hydrogen-bond acceptors (Lipinski definition) is 8. The van der Waals surface area contributed by atoms with Gasteiger partial charge in [0.2, 0.25) is 17.7 Å². The summed E-state index contributed by atoms with van der Waals surface area (Å²) in [4.78, 5) is 66.4. The predicted octanol–water partition coefficient (Wildman–Crippen LogP) is 1.88. The van der Waals surface area contributed by atoms with Gasteiger partial charge in [0, 0.05) is 56.7 Å². The van der Waals surface area contributed by atoms with Crippen LogP contribution in [0.1, 0.15) is 77.8 Å². The smallest absolute Gasteiger partial charge is 0.264 e. The van der Waals surface area contributed by atoms with Crippen LogP contribution in [0.3, 0.4) is 0 Å². The number of carbonyl (C=O) groups is 5. The fourth-order valence-electron chi connectivity index (χ4n) is 6.28. The van der Waals surface area contributed by atoms with Gasteiger partial charge in [0.05, 0.1) is 28.8 Å². The maximum atomic E-state index is 13.3. The number of nitrogens with zero attached hydrogens (tertiary/aromatic N) is 4. The summed E-state index contributed by atoms with van der Waals surface area (Å²) in [5.74, 6) is -1.90. The van der Waals surface area contributed by atoms with Crippen LogP contribution in [0, 0.1) is 5.41 Å². The molecule has 3 saturated heterocycles. The molecule has 6 rings (SSSR count). The third-order valence-corrected chi connectivity index (χ3v) is 8.84. The second-order valence-corrected chi connectivity index (χ2v) is 11.6. The van der Waals surface area contributed by atoms with Gasteiger partial charge in [-0.2, -0.15) is 5.10 Å². The zero-order chi connectivity index (χ0) is 28.7. The standard InChI is InChI=1S/C29H34N6O6/c1-29(9-13-41-14-10-29)28(40)33-11-7-19(8-12-33)34-17-18(16-31-34)15-30-21-4-2-3-20-24(21)27(39)35(26(20)38)22-5-6-23(36)32-25(22)37/h2-4,16-17,19,22,30H,5-15H2,1H3,(H,32,36,37). The van der Waals surface area contributed by atoms with Gasteiger partial charge in [0.15, 0.2) is 0 Å². The molecule has 0 bridgehead atoms. The van der Waals surface area contributed by atoms with E-state index in [4.69, 9.17) is 4.74 Å². The molecule has 12 heteroatoms. The molecule has 1 aromatic heterocycles. The van der Waals surface area contributed by atoms with Crippen molar-refractivity contribution in [3.8, 4) is 0 Å². The Bertz CT molecular complexity index is 1400. The second-order valence-electron chi connectivity index (χ2n) is 11.6. The number of nitrogens with one attached hydrogen (secondary N) is 2. The molecule has 0 aliphatic carbocycles. The number of anilines is 1. The summed E-state index contributed by atoms with van der Waals surface area (Å²) in [6.45, 7) is 5.10. The molecule has 3 fully saturated rings. The quantitative estimate of drug-likeness (QED) is 0.508. The third-order valence-electron chi connectivity index (χ3n) is 8.84. The van der Waals surface area contributed by atoms with Crippen molar-refractivity contribution in [1.29, 1.82) is 0 Å². The van der Waals surface area contributed by atoms with Crippen LogP contribution in [0.2, 0.25) is 0 Å². The summed E-state index contributed by atoms with van der Waals surface area (Å²) in [5.41, 5.74) is 1.53. The van der Waals surface area contributed by atoms with Gasteiger partial charge in [-0.1, -0.05) is 13.0 Å². The van der Waals surface area contributed by atoms with Gasteiger partial charge in [-0.25, -0.2) is 0 Å². The summed E-state index contributed by atoms with van der Waals surface area (Å²) in [6, 6.07) is 4.18. The number of benzene rings is 1. The molecule has 1 atom stereocenters. The van der Waals surface area contributed by atoms with E-state index in [1.807, 2.05) is 15.8 Å². The monoisotopic (exact) mass is 562 g/mol. The fraction of sp³-hybridized carbons (Fsp3) is 0.517. The molecule has 4 aliphatic rings. The zero-order valence-electron chi connectivity index (χ0n) is 23.1. The number of ether oxygens (including phenoxy) is 1. The van der Waals surface area contributed by atoms with E-state index < -0.39 is 29.7 Å². The van der Waals surface area contributed by atoms with Crippen molar-refractivity contribution >= 4 is 35.2 Å². The molecule has 2 N–H and O–H groups in total.